The lowest BCUT2D eigenvalue weighted by Crippen LogP contribution is -2.19. The van der Waals surface area contributed by atoms with Gasteiger partial charge in [0, 0.05) is 5.69 Å². The largest absolute Gasteiger partial charge is 0.325 e. The highest BCUT2D eigenvalue weighted by molar-refractivity contribution is 8.00. The Hall–Kier alpha value is -2.43. The van der Waals surface area contributed by atoms with E-state index in [0.29, 0.717) is 5.69 Å². The van der Waals surface area contributed by atoms with Gasteiger partial charge in [-0.1, -0.05) is 12.1 Å². The van der Waals surface area contributed by atoms with E-state index < -0.39 is 21.7 Å². The molecule has 0 fully saturated rings. The molecule has 0 saturated heterocycles. The van der Waals surface area contributed by atoms with Crippen LogP contribution in [0, 0.1) is 5.82 Å². The maximum atomic E-state index is 13.4. The van der Waals surface area contributed by atoms with Crippen molar-refractivity contribution in [3.63, 3.8) is 0 Å². The van der Waals surface area contributed by atoms with Crippen LogP contribution in [-0.2, 0) is 19.6 Å². The molecule has 2 rings (SSSR count). The van der Waals surface area contributed by atoms with Gasteiger partial charge in [0.05, 0.1) is 22.1 Å². The molecule has 7 nitrogen and oxygen atoms in total. The third-order valence-electron chi connectivity index (χ3n) is 3.08. The molecule has 2 aromatic rings. The maximum absolute atomic E-state index is 13.4. The van der Waals surface area contributed by atoms with E-state index in [1.165, 1.54) is 42.5 Å². The zero-order valence-electron chi connectivity index (χ0n) is 13.4. The average Bonchev–Trinajstić information content (AvgIpc) is 2.56. The maximum Gasteiger partial charge on any atom is 0.238 e. The number of thioether (sulfide) groups is 1. The van der Waals surface area contributed by atoms with Crippen LogP contribution in [0.1, 0.15) is 0 Å². The molecular weight excluding hydrogens is 381 g/mol. The van der Waals surface area contributed by atoms with Crippen LogP contribution >= 0.6 is 11.8 Å². The first kappa shape index (κ1) is 19.9. The Balaban J connectivity index is 1.76. The number of sulfonamides is 1. The molecule has 0 heterocycles. The lowest BCUT2D eigenvalue weighted by molar-refractivity contribution is -0.114. The lowest BCUT2D eigenvalue weighted by atomic mass is 10.3. The van der Waals surface area contributed by atoms with E-state index >= 15 is 0 Å². The molecule has 0 aliphatic rings. The molecule has 138 valence electrons. The fourth-order valence-corrected chi connectivity index (χ4v) is 3.04. The summed E-state index contributed by atoms with van der Waals surface area (Å²) in [7, 11) is -3.79. The topological polar surface area (TPSA) is 118 Å². The van der Waals surface area contributed by atoms with Crippen molar-refractivity contribution in [2.75, 3.05) is 22.1 Å². The average molecular weight is 397 g/mol. The van der Waals surface area contributed by atoms with Crippen molar-refractivity contribution in [3.05, 3.63) is 54.3 Å². The summed E-state index contributed by atoms with van der Waals surface area (Å²) < 4.78 is 35.7. The number of nitrogens with two attached hydrogens (primary N) is 1. The molecule has 2 aromatic carbocycles. The summed E-state index contributed by atoms with van der Waals surface area (Å²) in [5.74, 6) is -1.35. The molecule has 0 unspecified atom stereocenters. The number of carbonyl (C=O) groups excluding carboxylic acids is 2. The first-order chi connectivity index (χ1) is 12.3. The van der Waals surface area contributed by atoms with Crippen LogP contribution in [0.2, 0.25) is 0 Å². The number of rotatable bonds is 7. The number of hydrogen-bond acceptors (Lipinski definition) is 5. The number of carbonyl (C=O) groups is 2. The number of halogens is 1. The Morgan fingerprint density at radius 3 is 2.12 bits per heavy atom. The van der Waals surface area contributed by atoms with E-state index in [1.54, 1.807) is 6.07 Å². The van der Waals surface area contributed by atoms with E-state index in [4.69, 9.17) is 5.14 Å². The minimum Gasteiger partial charge on any atom is -0.325 e. The number of nitrogens with one attached hydrogen (secondary N) is 2. The third-order valence-corrected chi connectivity index (χ3v) is 4.94. The second kappa shape index (κ2) is 8.79. The summed E-state index contributed by atoms with van der Waals surface area (Å²) in [5, 5.41) is 9.97. The van der Waals surface area contributed by atoms with Crippen molar-refractivity contribution in [3.8, 4) is 0 Å². The van der Waals surface area contributed by atoms with Crippen LogP contribution in [0.4, 0.5) is 15.8 Å². The number of amides is 2. The van der Waals surface area contributed by atoms with E-state index in [2.05, 4.69) is 10.6 Å². The number of primary sulfonamides is 1. The Morgan fingerprint density at radius 1 is 0.962 bits per heavy atom. The van der Waals surface area contributed by atoms with Gasteiger partial charge in [0.2, 0.25) is 21.8 Å². The second-order valence-electron chi connectivity index (χ2n) is 5.14. The minimum absolute atomic E-state index is 0.00162. The van der Waals surface area contributed by atoms with Crippen molar-refractivity contribution in [1.82, 2.24) is 0 Å². The summed E-state index contributed by atoms with van der Waals surface area (Å²) in [6.45, 7) is 0. The molecule has 0 aliphatic carbocycles. The van der Waals surface area contributed by atoms with Crippen LogP contribution in [-0.4, -0.2) is 31.7 Å². The van der Waals surface area contributed by atoms with E-state index in [-0.39, 0.29) is 28.0 Å². The highest BCUT2D eigenvalue weighted by atomic mass is 32.2. The molecule has 0 atom stereocenters. The number of benzene rings is 2. The smallest absolute Gasteiger partial charge is 0.238 e. The fraction of sp³-hybridized carbons (Fsp3) is 0.125. The predicted molar refractivity (Wildman–Crippen MR) is 98.8 cm³/mol. The van der Waals surface area contributed by atoms with Crippen LogP contribution in [0.15, 0.2) is 53.4 Å². The van der Waals surface area contributed by atoms with Crippen molar-refractivity contribution < 1.29 is 22.4 Å². The van der Waals surface area contributed by atoms with Crippen molar-refractivity contribution >= 4 is 45.0 Å². The van der Waals surface area contributed by atoms with Gasteiger partial charge in [0.25, 0.3) is 0 Å². The number of hydrogen-bond donors (Lipinski definition) is 3. The number of anilines is 2. The van der Waals surface area contributed by atoms with Crippen LogP contribution in [0.25, 0.3) is 0 Å². The van der Waals surface area contributed by atoms with Gasteiger partial charge in [0.1, 0.15) is 5.82 Å². The minimum atomic E-state index is -3.79. The van der Waals surface area contributed by atoms with Gasteiger partial charge in [0.15, 0.2) is 0 Å². The van der Waals surface area contributed by atoms with Gasteiger partial charge in [-0.25, -0.2) is 17.9 Å². The summed E-state index contributed by atoms with van der Waals surface area (Å²) in [5.41, 5.74) is 0.483. The van der Waals surface area contributed by atoms with E-state index in [1.807, 2.05) is 0 Å². The third kappa shape index (κ3) is 6.14. The van der Waals surface area contributed by atoms with Gasteiger partial charge in [-0.3, -0.25) is 9.59 Å². The van der Waals surface area contributed by atoms with E-state index in [9.17, 15) is 22.4 Å². The molecule has 10 heteroatoms. The Labute approximate surface area is 154 Å². The molecule has 0 saturated carbocycles. The molecule has 26 heavy (non-hydrogen) atoms. The summed E-state index contributed by atoms with van der Waals surface area (Å²) >= 11 is 1.06. The van der Waals surface area contributed by atoms with Crippen molar-refractivity contribution in [2.24, 2.45) is 5.14 Å². The van der Waals surface area contributed by atoms with Gasteiger partial charge < -0.3 is 10.6 Å². The van der Waals surface area contributed by atoms with Crippen LogP contribution < -0.4 is 15.8 Å². The van der Waals surface area contributed by atoms with Gasteiger partial charge in [-0.2, -0.15) is 0 Å². The molecule has 0 aliphatic heterocycles. The Morgan fingerprint density at radius 2 is 1.54 bits per heavy atom. The van der Waals surface area contributed by atoms with Gasteiger partial charge >= 0.3 is 0 Å². The standard InChI is InChI=1S/C16H16FN3O4S2/c17-13-3-1-2-4-14(13)20-16(22)10-25-9-15(21)19-11-5-7-12(8-6-11)26(18,23)24/h1-8H,9-10H2,(H,19,21)(H,20,22)(H2,18,23,24). The summed E-state index contributed by atoms with van der Waals surface area (Å²) in [6.07, 6.45) is 0. The van der Waals surface area contributed by atoms with Crippen molar-refractivity contribution in [1.29, 1.82) is 0 Å². The van der Waals surface area contributed by atoms with Crippen LogP contribution in [0.3, 0.4) is 0 Å². The molecule has 0 bridgehead atoms. The normalized spacial score (nSPS) is 11.0. The molecular formula is C16H16FN3O4S2. The molecule has 2 amide bonds. The second-order valence-corrected chi connectivity index (χ2v) is 7.69. The Bertz CT molecular complexity index is 902. The Kier molecular flexibility index (Phi) is 6.72. The van der Waals surface area contributed by atoms with Crippen LogP contribution in [0.5, 0.6) is 0 Å². The SMILES string of the molecule is NS(=O)(=O)c1ccc(NC(=O)CSCC(=O)Nc2ccccc2F)cc1. The predicted octanol–water partition coefficient (Wildman–Crippen LogP) is 1.78. The zero-order chi connectivity index (χ0) is 19.2. The fourth-order valence-electron chi connectivity index (χ4n) is 1.91. The first-order valence-corrected chi connectivity index (χ1v) is 10.0. The summed E-state index contributed by atoms with van der Waals surface area (Å²) in [6, 6.07) is 11.2. The monoisotopic (exact) mass is 397 g/mol. The van der Waals surface area contributed by atoms with Crippen molar-refractivity contribution in [2.45, 2.75) is 4.90 Å². The zero-order valence-corrected chi connectivity index (χ0v) is 15.1. The number of para-hydroxylation sites is 1. The molecule has 0 aromatic heterocycles. The molecule has 4 N–H and O–H groups in total. The quantitative estimate of drug-likeness (QED) is 0.658. The lowest BCUT2D eigenvalue weighted by Gasteiger charge is -2.07. The highest BCUT2D eigenvalue weighted by Crippen LogP contribution is 2.14. The first-order valence-electron chi connectivity index (χ1n) is 7.30. The molecule has 0 spiro atoms. The summed E-state index contributed by atoms with van der Waals surface area (Å²) in [4.78, 5) is 23.5. The molecule has 0 radical (unpaired) electrons. The van der Waals surface area contributed by atoms with Gasteiger partial charge in [-0.05, 0) is 36.4 Å². The van der Waals surface area contributed by atoms with E-state index in [0.717, 1.165) is 11.8 Å². The van der Waals surface area contributed by atoms with Gasteiger partial charge in [-0.15, -0.1) is 11.8 Å². The highest BCUT2D eigenvalue weighted by Gasteiger charge is 2.10.